The van der Waals surface area contributed by atoms with Crippen LogP contribution in [0, 0.1) is 5.92 Å². The molecule has 0 radical (unpaired) electrons. The number of anilines is 1. The molecule has 0 aromatic heterocycles. The Kier molecular flexibility index (Phi) is 6.76. The Labute approximate surface area is 204 Å². The van der Waals surface area contributed by atoms with E-state index in [-0.39, 0.29) is 40.1 Å². The van der Waals surface area contributed by atoms with Crippen molar-refractivity contribution in [3.8, 4) is 0 Å². The lowest BCUT2D eigenvalue weighted by atomic mass is 9.88. The minimum Gasteiger partial charge on any atom is -0.339 e. The number of benzene rings is 2. The number of hydrogen-bond donors (Lipinski definition) is 0. The van der Waals surface area contributed by atoms with Gasteiger partial charge >= 0.3 is 0 Å². The number of nitrogens with zero attached hydrogens (tertiary/aromatic N) is 2. The van der Waals surface area contributed by atoms with Gasteiger partial charge in [0, 0.05) is 42.4 Å². The number of rotatable bonds is 5. The molecule has 2 aliphatic rings. The fourth-order valence-corrected chi connectivity index (χ4v) is 7.02. The summed E-state index contributed by atoms with van der Waals surface area (Å²) >= 11 is 5.89. The van der Waals surface area contributed by atoms with E-state index in [1.165, 1.54) is 22.5 Å². The smallest absolute Gasteiger partial charge is 0.255 e. The molecule has 2 heterocycles. The highest BCUT2D eigenvalue weighted by atomic mass is 35.5. The van der Waals surface area contributed by atoms with Gasteiger partial charge < -0.3 is 4.90 Å². The van der Waals surface area contributed by atoms with Crippen LogP contribution in [0.3, 0.4) is 0 Å². The van der Waals surface area contributed by atoms with Crippen LogP contribution < -0.4 is 4.31 Å². The molecule has 34 heavy (non-hydrogen) atoms. The Morgan fingerprint density at radius 1 is 1.00 bits per heavy atom. The molecule has 0 atom stereocenters. The summed E-state index contributed by atoms with van der Waals surface area (Å²) < 4.78 is 50.7. The van der Waals surface area contributed by atoms with Gasteiger partial charge in [0.05, 0.1) is 21.9 Å². The third-order valence-corrected chi connectivity index (χ3v) is 9.52. The fourth-order valence-electron chi connectivity index (χ4n) is 4.44. The first-order chi connectivity index (χ1) is 16.0. The average Bonchev–Trinajstić information content (AvgIpc) is 3.16. The monoisotopic (exact) mass is 524 g/mol. The van der Waals surface area contributed by atoms with Crippen molar-refractivity contribution in [1.29, 1.82) is 0 Å². The van der Waals surface area contributed by atoms with Crippen molar-refractivity contribution in [3.05, 3.63) is 58.6 Å². The predicted molar refractivity (Wildman–Crippen MR) is 130 cm³/mol. The predicted octanol–water partition coefficient (Wildman–Crippen LogP) is 3.02. The molecule has 2 aromatic carbocycles. The zero-order valence-electron chi connectivity index (χ0n) is 18.6. The molecule has 0 saturated carbocycles. The lowest BCUT2D eigenvalue weighted by Gasteiger charge is -2.32. The van der Waals surface area contributed by atoms with Gasteiger partial charge in [0.1, 0.15) is 0 Å². The summed E-state index contributed by atoms with van der Waals surface area (Å²) in [4.78, 5) is 27.4. The highest BCUT2D eigenvalue weighted by Crippen LogP contribution is 2.30. The van der Waals surface area contributed by atoms with Crippen LogP contribution in [0.5, 0.6) is 0 Å². The fraction of sp³-hybridized carbons (Fsp3) is 0.391. The normalized spacial score (nSPS) is 18.8. The van der Waals surface area contributed by atoms with E-state index in [1.807, 2.05) is 0 Å². The van der Waals surface area contributed by atoms with Gasteiger partial charge in [-0.2, -0.15) is 0 Å². The standard InChI is InChI=1S/C23H25ClN2O6S2/c1-33(29,30)21-15-19(26-11-2-14-34(26,31)32)7-8-20(21)23(28)25-12-9-17(10-13-25)22(27)16-3-5-18(24)6-4-16/h3-8,15,17H,2,9-14H2,1H3. The average molecular weight is 525 g/mol. The van der Waals surface area contributed by atoms with Crippen LogP contribution in [-0.2, 0) is 19.9 Å². The summed E-state index contributed by atoms with van der Waals surface area (Å²) in [5, 5.41) is 0.548. The second-order valence-electron chi connectivity index (χ2n) is 8.63. The Balaban J connectivity index is 1.53. The number of likely N-dealkylation sites (tertiary alicyclic amines) is 1. The highest BCUT2D eigenvalue weighted by Gasteiger charge is 2.33. The van der Waals surface area contributed by atoms with Crippen molar-refractivity contribution in [2.75, 3.05) is 35.9 Å². The molecule has 1 amide bonds. The van der Waals surface area contributed by atoms with Crippen molar-refractivity contribution in [1.82, 2.24) is 4.90 Å². The van der Waals surface area contributed by atoms with E-state index in [1.54, 1.807) is 29.2 Å². The van der Waals surface area contributed by atoms with Crippen LogP contribution in [0.25, 0.3) is 0 Å². The Morgan fingerprint density at radius 2 is 1.65 bits per heavy atom. The lowest BCUT2D eigenvalue weighted by Crippen LogP contribution is -2.40. The second-order valence-corrected chi connectivity index (χ2v) is 13.1. The first-order valence-electron chi connectivity index (χ1n) is 10.9. The quantitative estimate of drug-likeness (QED) is 0.556. The maximum absolute atomic E-state index is 13.2. The van der Waals surface area contributed by atoms with E-state index in [0.717, 1.165) is 6.26 Å². The summed E-state index contributed by atoms with van der Waals surface area (Å²) in [6.45, 7) is 0.899. The van der Waals surface area contributed by atoms with E-state index in [2.05, 4.69) is 0 Å². The molecule has 0 N–H and O–H groups in total. The van der Waals surface area contributed by atoms with Crippen LogP contribution in [0.4, 0.5) is 5.69 Å². The summed E-state index contributed by atoms with van der Waals surface area (Å²) in [6, 6.07) is 10.8. The highest BCUT2D eigenvalue weighted by molar-refractivity contribution is 7.93. The first-order valence-corrected chi connectivity index (χ1v) is 14.8. The molecule has 2 aromatic rings. The summed E-state index contributed by atoms with van der Waals surface area (Å²) in [5.41, 5.74) is 0.813. The molecule has 0 spiro atoms. The van der Waals surface area contributed by atoms with E-state index >= 15 is 0 Å². The number of piperidine rings is 1. The SMILES string of the molecule is CS(=O)(=O)c1cc(N2CCCS2(=O)=O)ccc1C(=O)N1CCC(C(=O)c2ccc(Cl)cc2)CC1. The summed E-state index contributed by atoms with van der Waals surface area (Å²) in [5.74, 6) is -0.682. The molecule has 0 bridgehead atoms. The van der Waals surface area contributed by atoms with Gasteiger partial charge in [0.2, 0.25) is 10.0 Å². The molecule has 11 heteroatoms. The maximum atomic E-state index is 13.2. The van der Waals surface area contributed by atoms with Gasteiger partial charge in [-0.05, 0) is 61.7 Å². The Hall–Kier alpha value is -2.43. The number of sulfone groups is 1. The minimum atomic E-state index is -3.80. The first kappa shape index (κ1) is 24.7. The Bertz CT molecular complexity index is 1330. The largest absolute Gasteiger partial charge is 0.339 e. The molecule has 8 nitrogen and oxygen atoms in total. The molecule has 4 rings (SSSR count). The molecule has 0 unspecified atom stereocenters. The molecule has 0 aliphatic carbocycles. The number of hydrogen-bond acceptors (Lipinski definition) is 6. The second kappa shape index (κ2) is 9.31. The van der Waals surface area contributed by atoms with Crippen LogP contribution in [0.1, 0.15) is 40.0 Å². The number of sulfonamides is 1. The molecule has 2 saturated heterocycles. The van der Waals surface area contributed by atoms with Gasteiger partial charge in [-0.15, -0.1) is 0 Å². The lowest BCUT2D eigenvalue weighted by molar-refractivity contribution is 0.0647. The van der Waals surface area contributed by atoms with Crippen molar-refractivity contribution in [2.24, 2.45) is 5.92 Å². The van der Waals surface area contributed by atoms with Gasteiger partial charge in [-0.3, -0.25) is 13.9 Å². The van der Waals surface area contributed by atoms with E-state index < -0.39 is 25.8 Å². The third kappa shape index (κ3) is 4.99. The van der Waals surface area contributed by atoms with E-state index in [9.17, 15) is 26.4 Å². The third-order valence-electron chi connectivity index (χ3n) is 6.26. The van der Waals surface area contributed by atoms with Gasteiger partial charge in [0.15, 0.2) is 15.6 Å². The number of carbonyl (C=O) groups is 2. The van der Waals surface area contributed by atoms with E-state index in [4.69, 9.17) is 11.6 Å². The van der Waals surface area contributed by atoms with E-state index in [0.29, 0.717) is 42.9 Å². The number of carbonyl (C=O) groups excluding carboxylic acids is 2. The molecule has 2 fully saturated rings. The topological polar surface area (TPSA) is 109 Å². The zero-order valence-corrected chi connectivity index (χ0v) is 21.0. The number of amides is 1. The summed E-state index contributed by atoms with van der Waals surface area (Å²) in [6.07, 6.45) is 2.39. The zero-order chi connectivity index (χ0) is 24.7. The van der Waals surface area contributed by atoms with Crippen molar-refractivity contribution in [2.45, 2.75) is 24.2 Å². The van der Waals surface area contributed by atoms with Crippen molar-refractivity contribution >= 4 is 48.8 Å². The van der Waals surface area contributed by atoms with Crippen LogP contribution in [0.2, 0.25) is 5.02 Å². The van der Waals surface area contributed by atoms with Crippen LogP contribution in [0.15, 0.2) is 47.4 Å². The molecule has 2 aliphatic heterocycles. The molecular weight excluding hydrogens is 500 g/mol. The molecule has 182 valence electrons. The van der Waals surface area contributed by atoms with Crippen LogP contribution in [-0.4, -0.2) is 65.1 Å². The van der Waals surface area contributed by atoms with Gasteiger partial charge in [0.25, 0.3) is 5.91 Å². The van der Waals surface area contributed by atoms with Crippen molar-refractivity contribution < 1.29 is 26.4 Å². The number of ketones is 1. The van der Waals surface area contributed by atoms with Crippen LogP contribution >= 0.6 is 11.6 Å². The van der Waals surface area contributed by atoms with Gasteiger partial charge in [-0.25, -0.2) is 16.8 Å². The number of halogens is 1. The van der Waals surface area contributed by atoms with Crippen molar-refractivity contribution in [3.63, 3.8) is 0 Å². The number of Topliss-reactive ketones (excluding diaryl/α,β-unsaturated/α-hetero) is 1. The van der Waals surface area contributed by atoms with Gasteiger partial charge in [-0.1, -0.05) is 11.6 Å². The minimum absolute atomic E-state index is 0.00299. The Morgan fingerprint density at radius 3 is 2.21 bits per heavy atom. The maximum Gasteiger partial charge on any atom is 0.255 e. The summed E-state index contributed by atoms with van der Waals surface area (Å²) in [7, 11) is -7.30. The molecular formula is C23H25ClN2O6S2.